The fraction of sp³-hybridized carbons (Fsp3) is 0.900. The Bertz CT molecular complexity index is 215. The minimum absolute atomic E-state index is 0.0116. The molecular formula is C10H18N2O. The van der Waals surface area contributed by atoms with Gasteiger partial charge in [-0.15, -0.1) is 0 Å². The molecule has 0 aromatic heterocycles. The Kier molecular flexibility index (Phi) is 2.28. The molecule has 0 radical (unpaired) electrons. The van der Waals surface area contributed by atoms with Crippen LogP contribution in [0, 0.1) is 11.8 Å². The molecule has 0 aliphatic heterocycles. The van der Waals surface area contributed by atoms with Gasteiger partial charge in [0.25, 0.3) is 0 Å². The molecule has 0 saturated heterocycles. The lowest BCUT2D eigenvalue weighted by Gasteiger charge is -2.23. The summed E-state index contributed by atoms with van der Waals surface area (Å²) in [5.74, 6) is 1.63. The second kappa shape index (κ2) is 3.29. The summed E-state index contributed by atoms with van der Waals surface area (Å²) in [6, 6.07) is 0.0661. The molecule has 3 nitrogen and oxygen atoms in total. The van der Waals surface area contributed by atoms with Crippen LogP contribution in [-0.2, 0) is 4.79 Å². The van der Waals surface area contributed by atoms with Gasteiger partial charge in [-0.2, -0.15) is 0 Å². The first kappa shape index (κ1) is 9.00. The van der Waals surface area contributed by atoms with Crippen LogP contribution in [-0.4, -0.2) is 18.0 Å². The van der Waals surface area contributed by atoms with Crippen LogP contribution in [0.5, 0.6) is 0 Å². The summed E-state index contributed by atoms with van der Waals surface area (Å²) in [6.45, 7) is 1.74. The SMILES string of the molecule is C[C@H](N)C(=O)NC1CC2CCC1C2. The zero-order chi connectivity index (χ0) is 9.42. The first-order chi connectivity index (χ1) is 6.16. The third-order valence-electron chi connectivity index (χ3n) is 3.48. The zero-order valence-electron chi connectivity index (χ0n) is 8.12. The average molecular weight is 182 g/mol. The monoisotopic (exact) mass is 182 g/mol. The minimum Gasteiger partial charge on any atom is -0.352 e. The van der Waals surface area contributed by atoms with Gasteiger partial charge in [0.15, 0.2) is 0 Å². The van der Waals surface area contributed by atoms with Gasteiger partial charge >= 0.3 is 0 Å². The largest absolute Gasteiger partial charge is 0.352 e. The second-order valence-corrected chi connectivity index (χ2v) is 4.58. The molecule has 0 spiro atoms. The van der Waals surface area contributed by atoms with Crippen molar-refractivity contribution >= 4 is 5.91 Å². The van der Waals surface area contributed by atoms with Crippen molar-refractivity contribution in [2.45, 2.75) is 44.7 Å². The highest BCUT2D eigenvalue weighted by atomic mass is 16.2. The van der Waals surface area contributed by atoms with E-state index in [1.54, 1.807) is 6.92 Å². The number of fused-ring (bicyclic) bond motifs is 2. The molecule has 0 aromatic rings. The molecule has 0 aromatic carbocycles. The molecule has 2 fully saturated rings. The van der Waals surface area contributed by atoms with E-state index < -0.39 is 0 Å². The molecule has 1 amide bonds. The summed E-state index contributed by atoms with van der Waals surface area (Å²) in [4.78, 5) is 11.3. The number of carbonyl (C=O) groups excluding carboxylic acids is 1. The Balaban J connectivity index is 1.86. The van der Waals surface area contributed by atoms with E-state index in [2.05, 4.69) is 5.32 Å². The van der Waals surface area contributed by atoms with Crippen molar-refractivity contribution in [3.63, 3.8) is 0 Å². The Hall–Kier alpha value is -0.570. The fourth-order valence-corrected chi connectivity index (χ4v) is 2.74. The third kappa shape index (κ3) is 1.70. The first-order valence-corrected chi connectivity index (χ1v) is 5.22. The lowest BCUT2D eigenvalue weighted by atomic mass is 9.95. The number of amides is 1. The highest BCUT2D eigenvalue weighted by molar-refractivity contribution is 5.81. The molecule has 2 aliphatic rings. The summed E-state index contributed by atoms with van der Waals surface area (Å²) in [7, 11) is 0. The lowest BCUT2D eigenvalue weighted by Crippen LogP contribution is -2.45. The van der Waals surface area contributed by atoms with Crippen molar-refractivity contribution in [1.29, 1.82) is 0 Å². The quantitative estimate of drug-likeness (QED) is 0.658. The minimum atomic E-state index is -0.362. The molecule has 3 unspecified atom stereocenters. The molecular weight excluding hydrogens is 164 g/mol. The predicted molar refractivity (Wildman–Crippen MR) is 51.0 cm³/mol. The number of rotatable bonds is 2. The molecule has 2 bridgehead atoms. The van der Waals surface area contributed by atoms with Gasteiger partial charge in [-0.1, -0.05) is 6.42 Å². The van der Waals surface area contributed by atoms with Crippen LogP contribution in [0.1, 0.15) is 32.6 Å². The Morgan fingerprint density at radius 2 is 2.23 bits per heavy atom. The fourth-order valence-electron chi connectivity index (χ4n) is 2.74. The number of nitrogens with one attached hydrogen (secondary N) is 1. The molecule has 2 saturated carbocycles. The van der Waals surface area contributed by atoms with Crippen LogP contribution in [0.15, 0.2) is 0 Å². The zero-order valence-corrected chi connectivity index (χ0v) is 8.12. The summed E-state index contributed by atoms with van der Waals surface area (Å²) < 4.78 is 0. The number of carbonyl (C=O) groups is 1. The number of nitrogens with two attached hydrogens (primary N) is 1. The second-order valence-electron chi connectivity index (χ2n) is 4.58. The van der Waals surface area contributed by atoms with E-state index in [9.17, 15) is 4.79 Å². The standard InChI is InChI=1S/C10H18N2O/c1-6(11)10(13)12-9-5-7-2-3-8(9)4-7/h6-9H,2-5,11H2,1H3,(H,12,13)/t6-,7?,8?,9?/m0/s1. The van der Waals surface area contributed by atoms with E-state index in [4.69, 9.17) is 5.73 Å². The van der Waals surface area contributed by atoms with Crippen LogP contribution in [0.25, 0.3) is 0 Å². The van der Waals surface area contributed by atoms with Crippen LogP contribution >= 0.6 is 0 Å². The Labute approximate surface area is 79.1 Å². The van der Waals surface area contributed by atoms with Crippen LogP contribution in [0.3, 0.4) is 0 Å². The van der Waals surface area contributed by atoms with Gasteiger partial charge in [-0.25, -0.2) is 0 Å². The average Bonchev–Trinajstić information content (AvgIpc) is 2.64. The number of hydrogen-bond acceptors (Lipinski definition) is 2. The van der Waals surface area contributed by atoms with Crippen LogP contribution in [0.2, 0.25) is 0 Å². The maximum absolute atomic E-state index is 11.3. The van der Waals surface area contributed by atoms with E-state index in [-0.39, 0.29) is 11.9 Å². The third-order valence-corrected chi connectivity index (χ3v) is 3.48. The summed E-state index contributed by atoms with van der Waals surface area (Å²) >= 11 is 0. The molecule has 4 atom stereocenters. The van der Waals surface area contributed by atoms with Gasteiger partial charge < -0.3 is 11.1 Å². The van der Waals surface area contributed by atoms with Crippen molar-refractivity contribution in [3.8, 4) is 0 Å². The van der Waals surface area contributed by atoms with Gasteiger partial charge in [-0.05, 0) is 38.0 Å². The van der Waals surface area contributed by atoms with E-state index in [0.29, 0.717) is 6.04 Å². The lowest BCUT2D eigenvalue weighted by molar-refractivity contribution is -0.123. The number of hydrogen-bond donors (Lipinski definition) is 2. The smallest absolute Gasteiger partial charge is 0.236 e. The maximum atomic E-state index is 11.3. The van der Waals surface area contributed by atoms with Crippen molar-refractivity contribution in [1.82, 2.24) is 5.32 Å². The van der Waals surface area contributed by atoms with E-state index >= 15 is 0 Å². The Morgan fingerprint density at radius 3 is 2.69 bits per heavy atom. The molecule has 3 heteroatoms. The highest BCUT2D eigenvalue weighted by Crippen LogP contribution is 2.44. The molecule has 2 rings (SSSR count). The molecule has 2 aliphatic carbocycles. The Morgan fingerprint density at radius 1 is 1.46 bits per heavy atom. The maximum Gasteiger partial charge on any atom is 0.236 e. The van der Waals surface area contributed by atoms with Crippen molar-refractivity contribution in [2.75, 3.05) is 0 Å². The predicted octanol–water partition coefficient (Wildman–Crippen LogP) is 0.638. The first-order valence-electron chi connectivity index (χ1n) is 5.22. The van der Waals surface area contributed by atoms with Gasteiger partial charge in [0.1, 0.15) is 0 Å². The topological polar surface area (TPSA) is 55.1 Å². The normalized spacial score (nSPS) is 39.1. The van der Waals surface area contributed by atoms with E-state index in [1.165, 1.54) is 25.7 Å². The summed E-state index contributed by atoms with van der Waals surface area (Å²) in [5, 5.41) is 3.05. The molecule has 74 valence electrons. The van der Waals surface area contributed by atoms with Gasteiger partial charge in [0, 0.05) is 6.04 Å². The van der Waals surface area contributed by atoms with E-state index in [0.717, 1.165) is 11.8 Å². The molecule has 13 heavy (non-hydrogen) atoms. The van der Waals surface area contributed by atoms with E-state index in [1.807, 2.05) is 0 Å². The summed E-state index contributed by atoms with van der Waals surface area (Å²) in [5.41, 5.74) is 5.50. The van der Waals surface area contributed by atoms with Crippen LogP contribution in [0.4, 0.5) is 0 Å². The highest BCUT2D eigenvalue weighted by Gasteiger charge is 2.40. The van der Waals surface area contributed by atoms with Gasteiger partial charge in [0.2, 0.25) is 5.91 Å². The molecule has 0 heterocycles. The van der Waals surface area contributed by atoms with Gasteiger partial charge in [-0.3, -0.25) is 4.79 Å². The van der Waals surface area contributed by atoms with Crippen LogP contribution < -0.4 is 11.1 Å². The molecule has 3 N–H and O–H groups in total. The van der Waals surface area contributed by atoms with Crippen molar-refractivity contribution < 1.29 is 4.79 Å². The summed E-state index contributed by atoms with van der Waals surface area (Å²) in [6.07, 6.45) is 5.18. The van der Waals surface area contributed by atoms with Gasteiger partial charge in [0.05, 0.1) is 6.04 Å². The van der Waals surface area contributed by atoms with Crippen molar-refractivity contribution in [3.05, 3.63) is 0 Å². The van der Waals surface area contributed by atoms with Crippen molar-refractivity contribution in [2.24, 2.45) is 17.6 Å².